The van der Waals surface area contributed by atoms with Crippen molar-refractivity contribution in [2.45, 2.75) is 51.7 Å². The molecule has 8 nitrogen and oxygen atoms in total. The van der Waals surface area contributed by atoms with Crippen LogP contribution in [0.2, 0.25) is 0 Å². The van der Waals surface area contributed by atoms with Crippen molar-refractivity contribution in [1.29, 1.82) is 0 Å². The second-order valence-electron chi connectivity index (χ2n) is 10.6. The lowest BCUT2D eigenvalue weighted by Gasteiger charge is -2.31. The monoisotopic (exact) mass is 545 g/mol. The molecule has 0 saturated carbocycles. The van der Waals surface area contributed by atoms with Gasteiger partial charge in [-0.25, -0.2) is 8.78 Å². The van der Waals surface area contributed by atoms with Crippen LogP contribution in [0.25, 0.3) is 22.3 Å². The van der Waals surface area contributed by atoms with Gasteiger partial charge in [0.2, 0.25) is 11.8 Å². The fourth-order valence-electron chi connectivity index (χ4n) is 5.74. The lowest BCUT2D eigenvalue weighted by Crippen LogP contribution is -2.43. The average molecular weight is 546 g/mol. The van der Waals surface area contributed by atoms with Gasteiger partial charge in [0.1, 0.15) is 11.5 Å². The van der Waals surface area contributed by atoms with E-state index in [1.165, 1.54) is 11.0 Å². The third-order valence-electron chi connectivity index (χ3n) is 7.88. The average Bonchev–Trinajstić information content (AvgIpc) is 3.66. The Bertz CT molecular complexity index is 1580. The molecule has 2 amide bonds. The van der Waals surface area contributed by atoms with Gasteiger partial charge in [-0.1, -0.05) is 24.3 Å². The second-order valence-corrected chi connectivity index (χ2v) is 10.6. The first-order valence-electron chi connectivity index (χ1n) is 13.5. The largest absolute Gasteiger partial charge is 0.353 e. The summed E-state index contributed by atoms with van der Waals surface area (Å²) in [7, 11) is 0. The van der Waals surface area contributed by atoms with Crippen molar-refractivity contribution in [2.75, 3.05) is 6.54 Å². The van der Waals surface area contributed by atoms with Crippen LogP contribution in [-0.2, 0) is 34.0 Å². The lowest BCUT2D eigenvalue weighted by molar-refractivity contribution is -0.144. The van der Waals surface area contributed by atoms with Gasteiger partial charge in [-0.05, 0) is 49.1 Å². The molecule has 2 aliphatic heterocycles. The third-order valence-corrected chi connectivity index (χ3v) is 7.88. The van der Waals surface area contributed by atoms with E-state index in [4.69, 9.17) is 0 Å². The number of rotatable bonds is 8. The number of amides is 2. The Morgan fingerprint density at radius 1 is 1.02 bits per heavy atom. The first kappa shape index (κ1) is 25.9. The van der Waals surface area contributed by atoms with Crippen molar-refractivity contribution in [3.8, 4) is 11.4 Å². The first-order chi connectivity index (χ1) is 19.4. The minimum atomic E-state index is -0.963. The summed E-state index contributed by atoms with van der Waals surface area (Å²) in [5, 5.41) is 8.63. The van der Waals surface area contributed by atoms with E-state index < -0.39 is 17.6 Å². The Morgan fingerprint density at radius 3 is 2.70 bits per heavy atom. The van der Waals surface area contributed by atoms with Gasteiger partial charge in [0.05, 0.1) is 30.4 Å². The van der Waals surface area contributed by atoms with Gasteiger partial charge in [0, 0.05) is 42.4 Å². The number of nitrogens with zero attached hydrogens (tertiary/aromatic N) is 3. The SMILES string of the molecule is O=C(CCCC(=O)N1Cc2[nH]nc(-c3cc4ccccc4[nH]3)c2C1)C1CCCN(Cc2ccc(F)c(F)c2)C1=O. The summed E-state index contributed by atoms with van der Waals surface area (Å²) in [6, 6.07) is 13.6. The first-order valence-corrected chi connectivity index (χ1v) is 13.5. The molecule has 206 valence electrons. The van der Waals surface area contributed by atoms with E-state index in [-0.39, 0.29) is 37.0 Å². The summed E-state index contributed by atoms with van der Waals surface area (Å²) in [5.41, 5.74) is 5.10. The molecule has 2 N–H and O–H groups in total. The Balaban J connectivity index is 1.01. The number of para-hydroxylation sites is 1. The van der Waals surface area contributed by atoms with Crippen LogP contribution in [0.5, 0.6) is 0 Å². The summed E-state index contributed by atoms with van der Waals surface area (Å²) in [6.45, 7) is 1.48. The highest BCUT2D eigenvalue weighted by atomic mass is 19.2. The number of benzene rings is 2. The Labute approximate surface area is 229 Å². The molecule has 0 radical (unpaired) electrons. The number of carbonyl (C=O) groups excluding carboxylic acids is 3. The van der Waals surface area contributed by atoms with E-state index in [0.29, 0.717) is 44.5 Å². The number of nitrogens with one attached hydrogen (secondary N) is 2. The molecule has 40 heavy (non-hydrogen) atoms. The smallest absolute Gasteiger partial charge is 0.233 e. The van der Waals surface area contributed by atoms with Crippen LogP contribution >= 0.6 is 0 Å². The van der Waals surface area contributed by atoms with E-state index >= 15 is 0 Å². The highest BCUT2D eigenvalue weighted by molar-refractivity contribution is 6.01. The van der Waals surface area contributed by atoms with Crippen molar-refractivity contribution >= 4 is 28.5 Å². The number of hydrogen-bond acceptors (Lipinski definition) is 4. The zero-order valence-corrected chi connectivity index (χ0v) is 21.9. The molecule has 4 aromatic rings. The molecular weight excluding hydrogens is 516 g/mol. The van der Waals surface area contributed by atoms with Crippen LogP contribution in [0.15, 0.2) is 48.5 Å². The molecule has 2 aliphatic rings. The molecule has 2 aromatic carbocycles. The van der Waals surface area contributed by atoms with Crippen LogP contribution in [0.3, 0.4) is 0 Å². The molecule has 0 spiro atoms. The number of hydrogen-bond donors (Lipinski definition) is 2. The Hall–Kier alpha value is -4.34. The van der Waals surface area contributed by atoms with Crippen LogP contribution in [-0.4, -0.2) is 49.1 Å². The van der Waals surface area contributed by atoms with Crippen molar-refractivity contribution in [1.82, 2.24) is 25.0 Å². The highest BCUT2D eigenvalue weighted by Crippen LogP contribution is 2.32. The fourth-order valence-corrected chi connectivity index (χ4v) is 5.74. The minimum Gasteiger partial charge on any atom is -0.353 e. The molecule has 4 heterocycles. The Kier molecular flexibility index (Phi) is 6.91. The molecule has 1 atom stereocenters. The van der Waals surface area contributed by atoms with Gasteiger partial charge in [0.25, 0.3) is 0 Å². The zero-order valence-electron chi connectivity index (χ0n) is 21.9. The number of carbonyl (C=O) groups is 3. The van der Waals surface area contributed by atoms with E-state index in [1.807, 2.05) is 30.3 Å². The van der Waals surface area contributed by atoms with E-state index in [9.17, 15) is 23.2 Å². The molecule has 1 fully saturated rings. The third kappa shape index (κ3) is 5.01. The number of H-pyrrole nitrogens is 2. The lowest BCUT2D eigenvalue weighted by atomic mass is 9.90. The predicted molar refractivity (Wildman–Crippen MR) is 143 cm³/mol. The predicted octanol–water partition coefficient (Wildman–Crippen LogP) is 4.86. The fraction of sp³-hybridized carbons (Fsp3) is 0.333. The summed E-state index contributed by atoms with van der Waals surface area (Å²) in [4.78, 5) is 45.5. The van der Waals surface area contributed by atoms with Gasteiger partial charge < -0.3 is 14.8 Å². The van der Waals surface area contributed by atoms with Crippen LogP contribution in [0, 0.1) is 17.6 Å². The molecule has 1 unspecified atom stereocenters. The summed E-state index contributed by atoms with van der Waals surface area (Å²) >= 11 is 0. The molecule has 0 aliphatic carbocycles. The van der Waals surface area contributed by atoms with Crippen LogP contribution < -0.4 is 0 Å². The second kappa shape index (κ2) is 10.7. The standard InChI is InChI=1S/C30H29F2N5O3/c31-22-11-10-18(13-23(22)32)15-36-12-4-6-20(30(36)40)27(38)8-3-9-28(39)37-16-21-26(17-37)34-35-29(21)25-14-19-5-1-2-7-24(19)33-25/h1-2,5,7,10-11,13-14,20,33H,3-4,6,8-9,12,15-17H2,(H,34,35). The number of Topliss-reactive ketones (excluding diaryl/α,β-unsaturated/α-hetero) is 1. The molecule has 1 saturated heterocycles. The zero-order chi connectivity index (χ0) is 27.8. The molecule has 10 heteroatoms. The summed E-state index contributed by atoms with van der Waals surface area (Å²) in [6.07, 6.45) is 1.84. The topological polar surface area (TPSA) is 102 Å². The molecule has 6 rings (SSSR count). The maximum Gasteiger partial charge on any atom is 0.233 e. The van der Waals surface area contributed by atoms with Gasteiger partial charge in [-0.2, -0.15) is 5.10 Å². The highest BCUT2D eigenvalue weighted by Gasteiger charge is 2.34. The number of aromatic amines is 2. The van der Waals surface area contributed by atoms with Gasteiger partial charge in [-0.15, -0.1) is 0 Å². The number of halogens is 2. The van der Waals surface area contributed by atoms with Crippen LogP contribution in [0.4, 0.5) is 8.78 Å². The van der Waals surface area contributed by atoms with E-state index in [1.54, 1.807) is 4.90 Å². The normalized spacial score (nSPS) is 17.1. The number of likely N-dealkylation sites (tertiary alicyclic amines) is 1. The van der Waals surface area contributed by atoms with Crippen molar-refractivity contribution in [3.05, 3.63) is 77.0 Å². The number of piperidine rings is 1. The number of ketones is 1. The minimum absolute atomic E-state index is 0.0464. The van der Waals surface area contributed by atoms with Crippen molar-refractivity contribution in [2.24, 2.45) is 5.92 Å². The Morgan fingerprint density at radius 2 is 1.88 bits per heavy atom. The van der Waals surface area contributed by atoms with E-state index in [2.05, 4.69) is 15.2 Å². The van der Waals surface area contributed by atoms with Gasteiger partial charge in [-0.3, -0.25) is 19.5 Å². The van der Waals surface area contributed by atoms with Crippen molar-refractivity contribution < 1.29 is 23.2 Å². The van der Waals surface area contributed by atoms with Crippen molar-refractivity contribution in [3.63, 3.8) is 0 Å². The van der Waals surface area contributed by atoms with E-state index in [0.717, 1.165) is 45.7 Å². The maximum atomic E-state index is 13.6. The summed E-state index contributed by atoms with van der Waals surface area (Å²) in [5.74, 6) is -3.17. The van der Waals surface area contributed by atoms with Gasteiger partial charge in [0.15, 0.2) is 11.6 Å². The van der Waals surface area contributed by atoms with Crippen LogP contribution in [0.1, 0.15) is 48.9 Å². The van der Waals surface area contributed by atoms with Gasteiger partial charge >= 0.3 is 0 Å². The molecule has 0 bridgehead atoms. The quantitative estimate of drug-likeness (QED) is 0.309. The molecular formula is C30H29F2N5O3. The number of fused-ring (bicyclic) bond motifs is 2. The maximum absolute atomic E-state index is 13.6. The summed E-state index contributed by atoms with van der Waals surface area (Å²) < 4.78 is 26.8. The number of aromatic nitrogens is 3. The molecule has 2 aromatic heterocycles.